The molecule has 3 aromatic rings. The summed E-state index contributed by atoms with van der Waals surface area (Å²) >= 11 is 2.89. The Kier molecular flexibility index (Phi) is 5.42. The van der Waals surface area contributed by atoms with Gasteiger partial charge >= 0.3 is 0 Å². The standard InChI is InChI=1S/C17H18N4OS2/c1-3-13(16(22)19-17-21-20-14(4-2)24-17)23-15-10-9-11-7-5-6-8-12(11)18-15/h5-10,13H,3-4H2,1-2H3,(H,19,21,22). The lowest BCUT2D eigenvalue weighted by Gasteiger charge is -2.13. The van der Waals surface area contributed by atoms with Crippen molar-refractivity contribution in [3.63, 3.8) is 0 Å². The Morgan fingerprint density at radius 3 is 2.79 bits per heavy atom. The second-order valence-electron chi connectivity index (χ2n) is 5.20. The number of anilines is 1. The van der Waals surface area contributed by atoms with Crippen molar-refractivity contribution in [2.24, 2.45) is 0 Å². The molecule has 1 aromatic carbocycles. The van der Waals surface area contributed by atoms with Crippen molar-refractivity contribution in [2.75, 3.05) is 5.32 Å². The molecule has 5 nitrogen and oxygen atoms in total. The molecule has 24 heavy (non-hydrogen) atoms. The van der Waals surface area contributed by atoms with Gasteiger partial charge in [0.1, 0.15) is 5.01 Å². The number of rotatable bonds is 6. The van der Waals surface area contributed by atoms with Gasteiger partial charge in [0.15, 0.2) is 0 Å². The number of aryl methyl sites for hydroxylation is 1. The third-order valence-electron chi connectivity index (χ3n) is 3.50. The number of thioether (sulfide) groups is 1. The van der Waals surface area contributed by atoms with Crippen LogP contribution < -0.4 is 5.32 Å². The van der Waals surface area contributed by atoms with E-state index in [9.17, 15) is 4.79 Å². The van der Waals surface area contributed by atoms with Crippen molar-refractivity contribution in [3.8, 4) is 0 Å². The zero-order valence-corrected chi connectivity index (χ0v) is 15.2. The monoisotopic (exact) mass is 358 g/mol. The van der Waals surface area contributed by atoms with Crippen molar-refractivity contribution in [1.29, 1.82) is 0 Å². The van der Waals surface area contributed by atoms with Crippen LogP contribution in [-0.4, -0.2) is 26.3 Å². The summed E-state index contributed by atoms with van der Waals surface area (Å²) in [5.41, 5.74) is 0.939. The number of nitrogens with zero attached hydrogens (tertiary/aromatic N) is 3. The molecule has 0 radical (unpaired) electrons. The molecule has 0 spiro atoms. The van der Waals surface area contributed by atoms with Gasteiger partial charge in [-0.2, -0.15) is 0 Å². The fourth-order valence-electron chi connectivity index (χ4n) is 2.21. The largest absolute Gasteiger partial charge is 0.300 e. The fraction of sp³-hybridized carbons (Fsp3) is 0.294. The van der Waals surface area contributed by atoms with Gasteiger partial charge in [0.05, 0.1) is 15.8 Å². The summed E-state index contributed by atoms with van der Waals surface area (Å²) in [5.74, 6) is -0.0590. The number of hydrogen-bond acceptors (Lipinski definition) is 6. The SMILES string of the molecule is CCc1nnc(NC(=O)C(CC)Sc2ccc3ccccc3n2)s1. The van der Waals surface area contributed by atoms with Gasteiger partial charge in [0, 0.05) is 5.39 Å². The van der Waals surface area contributed by atoms with Crippen molar-refractivity contribution in [3.05, 3.63) is 41.4 Å². The molecule has 0 saturated heterocycles. The van der Waals surface area contributed by atoms with E-state index in [4.69, 9.17) is 0 Å². The number of pyridine rings is 1. The van der Waals surface area contributed by atoms with Crippen LogP contribution in [0.5, 0.6) is 0 Å². The molecular formula is C17H18N4OS2. The predicted molar refractivity (Wildman–Crippen MR) is 99.6 cm³/mol. The number of carbonyl (C=O) groups excluding carboxylic acids is 1. The molecule has 1 N–H and O–H groups in total. The molecule has 7 heteroatoms. The number of para-hydroxylation sites is 1. The first kappa shape index (κ1) is 16.9. The normalized spacial score (nSPS) is 12.2. The Bertz CT molecular complexity index is 849. The van der Waals surface area contributed by atoms with Crippen molar-refractivity contribution < 1.29 is 4.79 Å². The lowest BCUT2D eigenvalue weighted by Crippen LogP contribution is -2.24. The lowest BCUT2D eigenvalue weighted by molar-refractivity contribution is -0.115. The summed E-state index contributed by atoms with van der Waals surface area (Å²) < 4.78 is 0. The highest BCUT2D eigenvalue weighted by molar-refractivity contribution is 8.00. The molecule has 0 aliphatic rings. The Morgan fingerprint density at radius 1 is 1.21 bits per heavy atom. The van der Waals surface area contributed by atoms with E-state index < -0.39 is 0 Å². The first-order valence-electron chi connectivity index (χ1n) is 7.85. The fourth-order valence-corrected chi connectivity index (χ4v) is 3.82. The number of amides is 1. The molecule has 1 amide bonds. The first-order valence-corrected chi connectivity index (χ1v) is 9.55. The number of carbonyl (C=O) groups is 1. The summed E-state index contributed by atoms with van der Waals surface area (Å²) in [6.07, 6.45) is 1.53. The lowest BCUT2D eigenvalue weighted by atomic mass is 10.2. The predicted octanol–water partition coefficient (Wildman–Crippen LogP) is 4.16. The first-order chi connectivity index (χ1) is 11.7. The number of fused-ring (bicyclic) bond motifs is 1. The minimum atomic E-state index is -0.215. The minimum Gasteiger partial charge on any atom is -0.300 e. The molecule has 2 aromatic heterocycles. The van der Waals surface area contributed by atoms with Gasteiger partial charge in [-0.25, -0.2) is 4.98 Å². The molecule has 2 heterocycles. The van der Waals surface area contributed by atoms with Crippen LogP contribution in [0.3, 0.4) is 0 Å². The third kappa shape index (κ3) is 3.91. The number of benzene rings is 1. The van der Waals surface area contributed by atoms with Gasteiger partial charge in [-0.05, 0) is 25.0 Å². The van der Waals surface area contributed by atoms with Crippen LogP contribution in [0.2, 0.25) is 0 Å². The van der Waals surface area contributed by atoms with Crippen molar-refractivity contribution >= 4 is 45.0 Å². The average molecular weight is 358 g/mol. The van der Waals surface area contributed by atoms with Crippen LogP contribution in [0.25, 0.3) is 10.9 Å². The van der Waals surface area contributed by atoms with Gasteiger partial charge < -0.3 is 0 Å². The molecule has 0 bridgehead atoms. The van der Waals surface area contributed by atoms with Gasteiger partial charge in [0.25, 0.3) is 0 Å². The highest BCUT2D eigenvalue weighted by atomic mass is 32.2. The highest BCUT2D eigenvalue weighted by Gasteiger charge is 2.20. The number of nitrogens with one attached hydrogen (secondary N) is 1. The Morgan fingerprint density at radius 2 is 2.04 bits per heavy atom. The summed E-state index contributed by atoms with van der Waals surface area (Å²) in [4.78, 5) is 17.1. The second-order valence-corrected chi connectivity index (χ2v) is 7.49. The average Bonchev–Trinajstić information content (AvgIpc) is 3.07. The minimum absolute atomic E-state index is 0.0590. The number of hydrogen-bond donors (Lipinski definition) is 1. The van der Waals surface area contributed by atoms with Gasteiger partial charge in [0.2, 0.25) is 11.0 Å². The van der Waals surface area contributed by atoms with Crippen LogP contribution >= 0.6 is 23.1 Å². The molecule has 0 fully saturated rings. The molecule has 124 valence electrons. The molecule has 0 saturated carbocycles. The van der Waals surface area contributed by atoms with Gasteiger partial charge in [-0.15, -0.1) is 10.2 Å². The van der Waals surface area contributed by atoms with E-state index in [0.29, 0.717) is 11.6 Å². The van der Waals surface area contributed by atoms with Crippen LogP contribution in [0.4, 0.5) is 5.13 Å². The molecule has 0 aliphatic carbocycles. The van der Waals surface area contributed by atoms with E-state index in [1.807, 2.05) is 50.2 Å². The van der Waals surface area contributed by atoms with Crippen molar-refractivity contribution in [2.45, 2.75) is 37.0 Å². The zero-order chi connectivity index (χ0) is 16.9. The molecule has 1 unspecified atom stereocenters. The second kappa shape index (κ2) is 7.72. The van der Waals surface area contributed by atoms with E-state index in [0.717, 1.165) is 27.4 Å². The Labute approximate surface area is 148 Å². The smallest absolute Gasteiger partial charge is 0.239 e. The maximum atomic E-state index is 12.5. The number of aromatic nitrogens is 3. The highest BCUT2D eigenvalue weighted by Crippen LogP contribution is 2.27. The van der Waals surface area contributed by atoms with E-state index in [1.54, 1.807) is 0 Å². The maximum Gasteiger partial charge on any atom is 0.239 e. The van der Waals surface area contributed by atoms with Crippen LogP contribution in [0.15, 0.2) is 41.4 Å². The molecule has 3 rings (SSSR count). The zero-order valence-electron chi connectivity index (χ0n) is 13.5. The quantitative estimate of drug-likeness (QED) is 0.670. The summed E-state index contributed by atoms with van der Waals surface area (Å²) in [7, 11) is 0. The molecular weight excluding hydrogens is 340 g/mol. The third-order valence-corrected chi connectivity index (χ3v) is 5.78. The molecule has 0 aliphatic heterocycles. The summed E-state index contributed by atoms with van der Waals surface area (Å²) in [6, 6.07) is 12.0. The van der Waals surface area contributed by atoms with Crippen LogP contribution in [0, 0.1) is 0 Å². The van der Waals surface area contributed by atoms with E-state index in [2.05, 4.69) is 20.5 Å². The van der Waals surface area contributed by atoms with E-state index in [1.165, 1.54) is 23.1 Å². The summed E-state index contributed by atoms with van der Waals surface area (Å²) in [5, 5.41) is 14.1. The van der Waals surface area contributed by atoms with E-state index >= 15 is 0 Å². The molecule has 1 atom stereocenters. The summed E-state index contributed by atoms with van der Waals surface area (Å²) in [6.45, 7) is 4.01. The van der Waals surface area contributed by atoms with E-state index in [-0.39, 0.29) is 11.2 Å². The topological polar surface area (TPSA) is 67.8 Å². The van der Waals surface area contributed by atoms with Crippen molar-refractivity contribution in [1.82, 2.24) is 15.2 Å². The van der Waals surface area contributed by atoms with Crippen LogP contribution in [0.1, 0.15) is 25.3 Å². The van der Waals surface area contributed by atoms with Crippen LogP contribution in [-0.2, 0) is 11.2 Å². The Balaban J connectivity index is 1.71. The van der Waals surface area contributed by atoms with Gasteiger partial charge in [-0.3, -0.25) is 10.1 Å². The maximum absolute atomic E-state index is 12.5. The Hall–Kier alpha value is -1.99. The van der Waals surface area contributed by atoms with Gasteiger partial charge in [-0.1, -0.05) is 61.2 Å².